The van der Waals surface area contributed by atoms with E-state index in [2.05, 4.69) is 37.1 Å². The molecule has 0 saturated carbocycles. The van der Waals surface area contributed by atoms with E-state index in [0.717, 1.165) is 51.0 Å². The number of aromatic nitrogens is 4. The van der Waals surface area contributed by atoms with Crippen molar-refractivity contribution in [2.24, 2.45) is 7.05 Å². The summed E-state index contributed by atoms with van der Waals surface area (Å²) in [6, 6.07) is 4.36. The van der Waals surface area contributed by atoms with Crippen LogP contribution in [0.4, 0.5) is 5.82 Å². The first-order valence-corrected chi connectivity index (χ1v) is 8.67. The molecule has 0 amide bonds. The van der Waals surface area contributed by atoms with Crippen molar-refractivity contribution in [2.75, 3.05) is 37.7 Å². The van der Waals surface area contributed by atoms with Crippen molar-refractivity contribution >= 4 is 5.82 Å². The number of hydrogen-bond acceptors (Lipinski definition) is 6. The second kappa shape index (κ2) is 6.86. The summed E-state index contributed by atoms with van der Waals surface area (Å²) in [6.45, 7) is 5.65. The Morgan fingerprint density at radius 3 is 2.79 bits per heavy atom. The zero-order valence-corrected chi connectivity index (χ0v) is 14.1. The van der Waals surface area contributed by atoms with Crippen LogP contribution in [0, 0.1) is 0 Å². The van der Waals surface area contributed by atoms with Gasteiger partial charge in [0.25, 0.3) is 0 Å². The molecule has 24 heavy (non-hydrogen) atoms. The molecule has 7 nitrogen and oxygen atoms in total. The lowest BCUT2D eigenvalue weighted by Crippen LogP contribution is -2.38. The Balaban J connectivity index is 1.38. The Bertz CT molecular complexity index is 664. The molecular weight excluding hydrogens is 304 g/mol. The molecule has 4 rings (SSSR count). The highest BCUT2D eigenvalue weighted by atomic mass is 16.5. The van der Waals surface area contributed by atoms with Gasteiger partial charge >= 0.3 is 0 Å². The summed E-state index contributed by atoms with van der Waals surface area (Å²) in [4.78, 5) is 9.41. The molecule has 1 unspecified atom stereocenters. The van der Waals surface area contributed by atoms with Gasteiger partial charge in [0.1, 0.15) is 18.2 Å². The van der Waals surface area contributed by atoms with Gasteiger partial charge in [0.15, 0.2) is 5.82 Å². The van der Waals surface area contributed by atoms with Gasteiger partial charge in [-0.1, -0.05) is 6.07 Å². The highest BCUT2D eigenvalue weighted by Crippen LogP contribution is 2.22. The number of ether oxygens (including phenoxy) is 1. The summed E-state index contributed by atoms with van der Waals surface area (Å²) in [7, 11) is 1.96. The standard InChI is InChI=1S/C17H24N6O/c1-21-13-19-20-17(21)15-12-22(8-9-24-15)11-14-4-5-16(18-10-14)23-6-2-3-7-23/h4-5,10,13,15H,2-3,6-9,11-12H2,1H3. The lowest BCUT2D eigenvalue weighted by molar-refractivity contribution is -0.0385. The number of nitrogens with zero attached hydrogens (tertiary/aromatic N) is 6. The van der Waals surface area contributed by atoms with E-state index < -0.39 is 0 Å². The first-order chi connectivity index (χ1) is 11.8. The van der Waals surface area contributed by atoms with E-state index in [-0.39, 0.29) is 6.10 Å². The third-order valence-corrected chi connectivity index (χ3v) is 4.83. The third kappa shape index (κ3) is 3.27. The van der Waals surface area contributed by atoms with Crippen LogP contribution in [0.2, 0.25) is 0 Å². The van der Waals surface area contributed by atoms with E-state index in [1.165, 1.54) is 18.4 Å². The highest BCUT2D eigenvalue weighted by molar-refractivity contribution is 5.40. The molecule has 0 spiro atoms. The van der Waals surface area contributed by atoms with Crippen LogP contribution in [-0.2, 0) is 18.3 Å². The summed E-state index contributed by atoms with van der Waals surface area (Å²) < 4.78 is 7.80. The van der Waals surface area contributed by atoms with Crippen LogP contribution in [0.15, 0.2) is 24.7 Å². The number of rotatable bonds is 4. The first kappa shape index (κ1) is 15.5. The van der Waals surface area contributed by atoms with E-state index in [1.54, 1.807) is 6.33 Å². The summed E-state index contributed by atoms with van der Waals surface area (Å²) >= 11 is 0. The lowest BCUT2D eigenvalue weighted by Gasteiger charge is -2.32. The molecule has 2 saturated heterocycles. The quantitative estimate of drug-likeness (QED) is 0.845. The van der Waals surface area contributed by atoms with E-state index in [9.17, 15) is 0 Å². The van der Waals surface area contributed by atoms with Crippen LogP contribution in [0.5, 0.6) is 0 Å². The number of aryl methyl sites for hydroxylation is 1. The highest BCUT2D eigenvalue weighted by Gasteiger charge is 2.25. The van der Waals surface area contributed by atoms with E-state index in [0.29, 0.717) is 0 Å². The van der Waals surface area contributed by atoms with Crippen LogP contribution in [0.3, 0.4) is 0 Å². The summed E-state index contributed by atoms with van der Waals surface area (Å²) in [5.74, 6) is 2.00. The number of anilines is 1. The Morgan fingerprint density at radius 1 is 1.21 bits per heavy atom. The fourth-order valence-electron chi connectivity index (χ4n) is 3.49. The van der Waals surface area contributed by atoms with Gasteiger partial charge in [0.05, 0.1) is 6.61 Å². The largest absolute Gasteiger partial charge is 0.368 e. The molecule has 2 aliphatic heterocycles. The number of pyridine rings is 1. The fraction of sp³-hybridized carbons (Fsp3) is 0.588. The molecule has 0 N–H and O–H groups in total. The van der Waals surface area contributed by atoms with Gasteiger partial charge in [-0.15, -0.1) is 10.2 Å². The second-order valence-electron chi connectivity index (χ2n) is 6.61. The van der Waals surface area contributed by atoms with Crippen LogP contribution < -0.4 is 4.90 Å². The molecule has 4 heterocycles. The molecule has 1 atom stereocenters. The average Bonchev–Trinajstić information content (AvgIpc) is 3.27. The maximum atomic E-state index is 5.87. The summed E-state index contributed by atoms with van der Waals surface area (Å²) in [6.07, 6.45) is 6.28. The minimum Gasteiger partial charge on any atom is -0.368 e. The van der Waals surface area contributed by atoms with Gasteiger partial charge in [0.2, 0.25) is 0 Å². The molecule has 2 aromatic heterocycles. The van der Waals surface area contributed by atoms with Crippen molar-refractivity contribution in [3.05, 3.63) is 36.0 Å². The van der Waals surface area contributed by atoms with Crippen molar-refractivity contribution in [3.8, 4) is 0 Å². The van der Waals surface area contributed by atoms with Gasteiger partial charge < -0.3 is 14.2 Å². The van der Waals surface area contributed by atoms with Crippen LogP contribution in [0.1, 0.15) is 30.3 Å². The van der Waals surface area contributed by atoms with Crippen molar-refractivity contribution in [1.82, 2.24) is 24.6 Å². The van der Waals surface area contributed by atoms with Gasteiger partial charge in [-0.05, 0) is 24.5 Å². The minimum atomic E-state index is -0.0110. The maximum absolute atomic E-state index is 5.87. The van der Waals surface area contributed by atoms with Gasteiger partial charge in [-0.25, -0.2) is 4.98 Å². The SMILES string of the molecule is Cn1cnnc1C1CN(Cc2ccc(N3CCCC3)nc2)CCO1. The van der Waals surface area contributed by atoms with Crippen molar-refractivity contribution in [3.63, 3.8) is 0 Å². The molecular formula is C17H24N6O. The van der Waals surface area contributed by atoms with E-state index >= 15 is 0 Å². The first-order valence-electron chi connectivity index (χ1n) is 8.67. The molecule has 0 aromatic carbocycles. The molecule has 2 aliphatic rings. The molecule has 2 fully saturated rings. The van der Waals surface area contributed by atoms with Crippen LogP contribution in [-0.4, -0.2) is 57.4 Å². The zero-order chi connectivity index (χ0) is 16.4. The summed E-state index contributed by atoms with van der Waals surface area (Å²) in [5.41, 5.74) is 1.25. The van der Waals surface area contributed by atoms with Crippen molar-refractivity contribution < 1.29 is 4.74 Å². The van der Waals surface area contributed by atoms with E-state index in [1.807, 2.05) is 17.8 Å². The Hall–Kier alpha value is -1.99. The molecule has 0 aliphatic carbocycles. The van der Waals surface area contributed by atoms with Crippen molar-refractivity contribution in [2.45, 2.75) is 25.5 Å². The average molecular weight is 328 g/mol. The molecule has 0 bridgehead atoms. The van der Waals surface area contributed by atoms with Crippen molar-refractivity contribution in [1.29, 1.82) is 0 Å². The number of morpholine rings is 1. The second-order valence-corrected chi connectivity index (χ2v) is 6.61. The Kier molecular flexibility index (Phi) is 4.44. The topological polar surface area (TPSA) is 59.3 Å². The molecule has 2 aromatic rings. The normalized spacial score (nSPS) is 22.2. The van der Waals surface area contributed by atoms with Gasteiger partial charge in [0, 0.05) is 46.0 Å². The summed E-state index contributed by atoms with van der Waals surface area (Å²) in [5, 5.41) is 8.13. The smallest absolute Gasteiger partial charge is 0.163 e. The van der Waals surface area contributed by atoms with Gasteiger partial charge in [-0.2, -0.15) is 0 Å². The molecule has 0 radical (unpaired) electrons. The third-order valence-electron chi connectivity index (χ3n) is 4.83. The predicted molar refractivity (Wildman–Crippen MR) is 90.7 cm³/mol. The number of hydrogen-bond donors (Lipinski definition) is 0. The fourth-order valence-corrected chi connectivity index (χ4v) is 3.49. The minimum absolute atomic E-state index is 0.0110. The molecule has 7 heteroatoms. The van der Waals surface area contributed by atoms with Gasteiger partial charge in [-0.3, -0.25) is 4.90 Å². The maximum Gasteiger partial charge on any atom is 0.163 e. The molecule has 128 valence electrons. The Morgan fingerprint density at radius 2 is 2.08 bits per heavy atom. The Labute approximate surface area is 142 Å². The lowest BCUT2D eigenvalue weighted by atomic mass is 10.2. The zero-order valence-electron chi connectivity index (χ0n) is 14.1. The van der Waals surface area contributed by atoms with Crippen LogP contribution in [0.25, 0.3) is 0 Å². The van der Waals surface area contributed by atoms with Crippen LogP contribution >= 0.6 is 0 Å². The van der Waals surface area contributed by atoms with E-state index in [4.69, 9.17) is 4.74 Å². The monoisotopic (exact) mass is 328 g/mol. The predicted octanol–water partition coefficient (Wildman–Crippen LogP) is 1.38.